The van der Waals surface area contributed by atoms with Gasteiger partial charge in [0.2, 0.25) is 0 Å². The van der Waals surface area contributed by atoms with Crippen LogP contribution in [0.2, 0.25) is 0 Å². The number of benzene rings is 1. The van der Waals surface area contributed by atoms with E-state index in [1.807, 2.05) is 36.5 Å². The van der Waals surface area contributed by atoms with Crippen LogP contribution in [0.5, 0.6) is 0 Å². The summed E-state index contributed by atoms with van der Waals surface area (Å²) in [5, 5.41) is 9.99. The van der Waals surface area contributed by atoms with Crippen molar-refractivity contribution in [3.05, 3.63) is 70.1 Å². The molecule has 3 N–H and O–H groups in total. The van der Waals surface area contributed by atoms with Gasteiger partial charge in [-0.3, -0.25) is 4.79 Å². The summed E-state index contributed by atoms with van der Waals surface area (Å²) in [4.78, 5) is 27.8. The van der Waals surface area contributed by atoms with Gasteiger partial charge in [-0.25, -0.2) is 9.18 Å². The average molecular weight is 431 g/mol. The maximum atomic E-state index is 14.1. The fraction of sp³-hybridized carbons (Fsp3) is 0.238. The number of amides is 3. The molecule has 7 nitrogen and oxygen atoms in total. The van der Waals surface area contributed by atoms with Gasteiger partial charge in [0.15, 0.2) is 0 Å². The Balaban J connectivity index is 1.62. The van der Waals surface area contributed by atoms with Gasteiger partial charge >= 0.3 is 6.03 Å². The summed E-state index contributed by atoms with van der Waals surface area (Å²) in [5.74, 6) is -0.671. The monoisotopic (exact) mass is 430 g/mol. The first-order valence-corrected chi connectivity index (χ1v) is 10.1. The highest BCUT2D eigenvalue weighted by Crippen LogP contribution is 2.23. The van der Waals surface area contributed by atoms with Crippen LogP contribution in [-0.2, 0) is 0 Å². The van der Waals surface area contributed by atoms with Crippen molar-refractivity contribution in [2.45, 2.75) is 13.0 Å². The summed E-state index contributed by atoms with van der Waals surface area (Å²) in [6, 6.07) is 9.09. The Hall–Kier alpha value is -3.17. The van der Waals surface area contributed by atoms with Crippen LogP contribution in [0.3, 0.4) is 0 Å². The highest BCUT2D eigenvalue weighted by Gasteiger charge is 2.17. The van der Waals surface area contributed by atoms with Crippen LogP contribution in [0, 0.1) is 12.7 Å². The highest BCUT2D eigenvalue weighted by atomic mass is 32.1. The Bertz CT molecular complexity index is 1020. The number of likely N-dealkylation sites (N-methyl/N-ethyl adjacent to an activating group) is 1. The molecule has 0 saturated carbocycles. The van der Waals surface area contributed by atoms with Crippen LogP contribution in [0.4, 0.5) is 20.6 Å². The number of hydrogen-bond acceptors (Lipinski definition) is 5. The Labute approximate surface area is 177 Å². The van der Waals surface area contributed by atoms with Gasteiger partial charge in [-0.1, -0.05) is 6.07 Å². The van der Waals surface area contributed by atoms with E-state index in [1.54, 1.807) is 18.3 Å². The molecule has 0 bridgehead atoms. The van der Waals surface area contributed by atoms with Crippen LogP contribution in [0.15, 0.2) is 52.5 Å². The van der Waals surface area contributed by atoms with E-state index in [-0.39, 0.29) is 11.7 Å². The fourth-order valence-corrected chi connectivity index (χ4v) is 3.81. The molecule has 9 heteroatoms. The van der Waals surface area contributed by atoms with Crippen LogP contribution >= 0.6 is 11.3 Å². The molecule has 1 atom stereocenters. The molecule has 0 aliphatic heterocycles. The molecule has 0 aliphatic carbocycles. The lowest BCUT2D eigenvalue weighted by Crippen LogP contribution is -2.36. The molecule has 3 aromatic rings. The molecule has 0 aliphatic rings. The fourth-order valence-electron chi connectivity index (χ4n) is 2.89. The Morgan fingerprint density at radius 2 is 2.00 bits per heavy atom. The number of nitrogens with zero attached hydrogens (tertiary/aromatic N) is 1. The van der Waals surface area contributed by atoms with E-state index in [2.05, 4.69) is 16.0 Å². The number of carbonyl (C=O) groups is 2. The molecule has 30 heavy (non-hydrogen) atoms. The molecule has 2 heterocycles. The van der Waals surface area contributed by atoms with E-state index in [9.17, 15) is 14.0 Å². The number of urea groups is 1. The number of rotatable bonds is 7. The summed E-state index contributed by atoms with van der Waals surface area (Å²) in [6.07, 6.45) is 1.39. The number of aryl methyl sites for hydroxylation is 1. The van der Waals surface area contributed by atoms with E-state index < -0.39 is 17.8 Å². The van der Waals surface area contributed by atoms with E-state index >= 15 is 0 Å². The molecule has 0 unspecified atom stereocenters. The zero-order valence-electron chi connectivity index (χ0n) is 16.9. The maximum Gasteiger partial charge on any atom is 0.319 e. The highest BCUT2D eigenvalue weighted by molar-refractivity contribution is 7.10. The molecule has 0 saturated heterocycles. The summed E-state index contributed by atoms with van der Waals surface area (Å²) >= 11 is 1.62. The standard InChI is InChI=1S/C21H23FN4O3S/c1-13-15(8-9-29-13)20(27)25-17-11-14(6-7-16(17)22)24-21(28)23-12-18(26(2)3)19-5-4-10-30-19/h4-11,18H,12H2,1-3H3,(H,25,27)(H2,23,24,28)/t18-/m0/s1. The Morgan fingerprint density at radius 1 is 1.20 bits per heavy atom. The molecule has 3 rings (SSSR count). The molecule has 0 spiro atoms. The van der Waals surface area contributed by atoms with Crippen LogP contribution in [0.1, 0.15) is 27.0 Å². The smallest absolute Gasteiger partial charge is 0.319 e. The first-order valence-electron chi connectivity index (χ1n) is 9.25. The topological polar surface area (TPSA) is 86.6 Å². The lowest BCUT2D eigenvalue weighted by Gasteiger charge is -2.23. The van der Waals surface area contributed by atoms with Gasteiger partial charge in [-0.15, -0.1) is 11.3 Å². The number of furan rings is 1. The summed E-state index contributed by atoms with van der Waals surface area (Å²) in [5.41, 5.74) is 0.627. The maximum absolute atomic E-state index is 14.1. The van der Waals surface area contributed by atoms with Gasteiger partial charge in [0, 0.05) is 17.1 Å². The molecule has 1 aromatic carbocycles. The molecule has 2 aromatic heterocycles. The second-order valence-corrected chi connectivity index (χ2v) is 7.85. The molecule has 0 fully saturated rings. The van der Waals surface area contributed by atoms with Crippen molar-refractivity contribution in [3.8, 4) is 0 Å². The second-order valence-electron chi connectivity index (χ2n) is 6.87. The number of carbonyl (C=O) groups excluding carboxylic acids is 2. The summed E-state index contributed by atoms with van der Waals surface area (Å²) in [6.45, 7) is 2.05. The number of thiophene rings is 1. The SMILES string of the molecule is Cc1occc1C(=O)Nc1cc(NC(=O)NC[C@@H](c2cccs2)N(C)C)ccc1F. The van der Waals surface area contributed by atoms with Gasteiger partial charge < -0.3 is 25.3 Å². The van der Waals surface area contributed by atoms with Gasteiger partial charge in [0.25, 0.3) is 5.91 Å². The zero-order valence-corrected chi connectivity index (χ0v) is 17.7. The summed E-state index contributed by atoms with van der Waals surface area (Å²) < 4.78 is 19.2. The number of hydrogen-bond donors (Lipinski definition) is 3. The van der Waals surface area contributed by atoms with Crippen molar-refractivity contribution in [3.63, 3.8) is 0 Å². The minimum Gasteiger partial charge on any atom is -0.469 e. The van der Waals surface area contributed by atoms with E-state index in [1.165, 1.54) is 30.5 Å². The minimum absolute atomic E-state index is 0.0387. The third-order valence-electron chi connectivity index (χ3n) is 4.53. The third-order valence-corrected chi connectivity index (χ3v) is 5.50. The molecule has 0 radical (unpaired) electrons. The molecular weight excluding hydrogens is 407 g/mol. The Morgan fingerprint density at radius 3 is 2.63 bits per heavy atom. The molecular formula is C21H23FN4O3S. The van der Waals surface area contributed by atoms with E-state index in [0.717, 1.165) is 4.88 Å². The quantitative estimate of drug-likeness (QED) is 0.516. The number of halogens is 1. The van der Waals surface area contributed by atoms with Gasteiger partial charge in [0.05, 0.1) is 23.6 Å². The second kappa shape index (κ2) is 9.55. The van der Waals surface area contributed by atoms with Crippen LogP contribution < -0.4 is 16.0 Å². The largest absolute Gasteiger partial charge is 0.469 e. The summed E-state index contributed by atoms with van der Waals surface area (Å²) in [7, 11) is 3.89. The third kappa shape index (κ3) is 5.25. The van der Waals surface area contributed by atoms with Crippen molar-refractivity contribution in [2.75, 3.05) is 31.3 Å². The first kappa shape index (κ1) is 21.5. The zero-order chi connectivity index (χ0) is 21.7. The normalized spacial score (nSPS) is 11.9. The van der Waals surface area contributed by atoms with Crippen molar-refractivity contribution in [1.29, 1.82) is 0 Å². The minimum atomic E-state index is -0.610. The number of nitrogens with one attached hydrogen (secondary N) is 3. The van der Waals surface area contributed by atoms with Gasteiger partial charge in [-0.05, 0) is 56.7 Å². The molecule has 3 amide bonds. The molecule has 158 valence electrons. The lowest BCUT2D eigenvalue weighted by molar-refractivity contribution is 0.102. The van der Waals surface area contributed by atoms with Crippen molar-refractivity contribution >= 4 is 34.6 Å². The predicted molar refractivity (Wildman–Crippen MR) is 116 cm³/mol. The van der Waals surface area contributed by atoms with Crippen molar-refractivity contribution in [2.24, 2.45) is 0 Å². The first-order chi connectivity index (χ1) is 14.3. The predicted octanol–water partition coefficient (Wildman–Crippen LogP) is 4.47. The van der Waals surface area contributed by atoms with E-state index in [4.69, 9.17) is 4.42 Å². The lowest BCUT2D eigenvalue weighted by atomic mass is 10.2. The number of anilines is 2. The van der Waals surface area contributed by atoms with Crippen molar-refractivity contribution < 1.29 is 18.4 Å². The van der Waals surface area contributed by atoms with E-state index in [0.29, 0.717) is 23.6 Å². The van der Waals surface area contributed by atoms with Gasteiger partial charge in [0.1, 0.15) is 11.6 Å². The van der Waals surface area contributed by atoms with Crippen LogP contribution in [-0.4, -0.2) is 37.5 Å². The Kier molecular flexibility index (Phi) is 6.86. The van der Waals surface area contributed by atoms with Gasteiger partial charge in [-0.2, -0.15) is 0 Å². The average Bonchev–Trinajstić information content (AvgIpc) is 3.36. The van der Waals surface area contributed by atoms with Crippen molar-refractivity contribution in [1.82, 2.24) is 10.2 Å². The van der Waals surface area contributed by atoms with Crippen LogP contribution in [0.25, 0.3) is 0 Å².